The maximum absolute atomic E-state index is 12.9. The normalized spacial score (nSPS) is 12.3. The quantitative estimate of drug-likeness (QED) is 0.0261. The van der Waals surface area contributed by atoms with Gasteiger partial charge in [0.05, 0.1) is 0 Å². The molecule has 6 heteroatoms. The van der Waals surface area contributed by atoms with Gasteiger partial charge in [0, 0.05) is 19.3 Å². The van der Waals surface area contributed by atoms with E-state index in [1.165, 1.54) is 270 Å². The first-order valence-corrected chi connectivity index (χ1v) is 35.1. The molecule has 1 atom stereocenters. The van der Waals surface area contributed by atoms with Crippen molar-refractivity contribution >= 4 is 17.9 Å². The van der Waals surface area contributed by atoms with E-state index in [0.29, 0.717) is 19.3 Å². The highest BCUT2D eigenvalue weighted by Crippen LogP contribution is 2.18. The largest absolute Gasteiger partial charge is 0.462 e. The van der Waals surface area contributed by atoms with Crippen molar-refractivity contribution in [3.8, 4) is 0 Å². The van der Waals surface area contributed by atoms with Gasteiger partial charge in [-0.05, 0) is 103 Å². The van der Waals surface area contributed by atoms with Crippen molar-refractivity contribution in [3.63, 3.8) is 0 Å². The Hall–Kier alpha value is -2.63. The molecule has 0 spiro atoms. The molecule has 0 saturated carbocycles. The summed E-state index contributed by atoms with van der Waals surface area (Å²) >= 11 is 0. The van der Waals surface area contributed by atoms with Crippen LogP contribution in [0.1, 0.15) is 380 Å². The van der Waals surface area contributed by atoms with Crippen LogP contribution in [0.4, 0.5) is 0 Å². The average molecular weight is 1110 g/mol. The number of hydrogen-bond donors (Lipinski definition) is 0. The average Bonchev–Trinajstić information content (AvgIpc) is 3.45. The van der Waals surface area contributed by atoms with E-state index in [1.807, 2.05) is 0 Å². The molecule has 79 heavy (non-hydrogen) atoms. The first-order chi connectivity index (χ1) is 39.0. The van der Waals surface area contributed by atoms with Gasteiger partial charge in [-0.3, -0.25) is 14.4 Å². The van der Waals surface area contributed by atoms with E-state index >= 15 is 0 Å². The molecule has 0 aliphatic carbocycles. The summed E-state index contributed by atoms with van der Waals surface area (Å²) in [4.78, 5) is 38.5. The number of esters is 3. The second kappa shape index (κ2) is 67.9. The van der Waals surface area contributed by atoms with Crippen LogP contribution in [0.3, 0.4) is 0 Å². The van der Waals surface area contributed by atoms with Gasteiger partial charge in [0.15, 0.2) is 6.10 Å². The van der Waals surface area contributed by atoms with E-state index in [-0.39, 0.29) is 31.1 Å². The third kappa shape index (κ3) is 66.1. The van der Waals surface area contributed by atoms with E-state index in [4.69, 9.17) is 14.2 Å². The van der Waals surface area contributed by atoms with Gasteiger partial charge in [-0.1, -0.05) is 307 Å². The molecule has 0 aromatic carbocycles. The number of unbranched alkanes of at least 4 members (excludes halogenated alkanes) is 46. The topological polar surface area (TPSA) is 78.9 Å². The lowest BCUT2D eigenvalue weighted by atomic mass is 10.0. The van der Waals surface area contributed by atoms with Crippen LogP contribution in [0.25, 0.3) is 0 Å². The lowest BCUT2D eigenvalue weighted by Gasteiger charge is -2.18. The maximum atomic E-state index is 12.9. The maximum Gasteiger partial charge on any atom is 0.306 e. The summed E-state index contributed by atoms with van der Waals surface area (Å²) in [7, 11) is 0. The van der Waals surface area contributed by atoms with Gasteiger partial charge in [-0.25, -0.2) is 0 Å². The Bertz CT molecular complexity index is 1360. The van der Waals surface area contributed by atoms with Crippen molar-refractivity contribution in [1.82, 2.24) is 0 Å². The zero-order valence-corrected chi connectivity index (χ0v) is 53.2. The molecule has 0 heterocycles. The minimum absolute atomic E-state index is 0.0733. The smallest absolute Gasteiger partial charge is 0.306 e. The monoisotopic (exact) mass is 1110 g/mol. The fourth-order valence-electron chi connectivity index (χ4n) is 10.5. The van der Waals surface area contributed by atoms with Crippen LogP contribution in [0.5, 0.6) is 0 Å². The number of carbonyl (C=O) groups excluding carboxylic acids is 3. The van der Waals surface area contributed by atoms with Gasteiger partial charge in [-0.15, -0.1) is 0 Å². The highest BCUT2D eigenvalue weighted by atomic mass is 16.6. The van der Waals surface area contributed by atoms with Crippen molar-refractivity contribution in [3.05, 3.63) is 48.6 Å². The Labute approximate surface area is 492 Å². The third-order valence-corrected chi connectivity index (χ3v) is 15.8. The number of rotatable bonds is 65. The predicted molar refractivity (Wildman–Crippen MR) is 344 cm³/mol. The predicted octanol–water partition coefficient (Wildman–Crippen LogP) is 24.1. The standard InChI is InChI=1S/C73H134O6/c1-4-7-10-13-16-19-22-25-28-31-33-34-35-36-37-38-40-42-45-48-51-54-57-60-63-66-72(75)78-69-70(68-77-71(74)65-62-59-56-53-50-47-44-41-30-27-24-21-18-15-12-9-6-3)79-73(76)67-64-61-58-55-52-49-46-43-39-32-29-26-23-20-17-14-11-8-5-2/h18,21,26-27,29-31,33,70H,4-17,19-20,22-25,28,32,34-69H2,1-3H3/b21-18-,29-26-,30-27-,33-31-. The Morgan fingerprint density at radius 2 is 0.456 bits per heavy atom. The molecule has 0 bridgehead atoms. The number of ether oxygens (including phenoxy) is 3. The van der Waals surface area contributed by atoms with Gasteiger partial charge in [0.2, 0.25) is 0 Å². The second-order valence-electron chi connectivity index (χ2n) is 23.8. The van der Waals surface area contributed by atoms with Gasteiger partial charge >= 0.3 is 17.9 Å². The fourth-order valence-corrected chi connectivity index (χ4v) is 10.5. The summed E-state index contributed by atoms with van der Waals surface area (Å²) in [6, 6.07) is 0. The van der Waals surface area contributed by atoms with E-state index < -0.39 is 6.10 Å². The summed E-state index contributed by atoms with van der Waals surface area (Å²) in [5.74, 6) is -0.859. The van der Waals surface area contributed by atoms with Crippen LogP contribution in [0.2, 0.25) is 0 Å². The van der Waals surface area contributed by atoms with Gasteiger partial charge < -0.3 is 14.2 Å². The highest BCUT2D eigenvalue weighted by Gasteiger charge is 2.19. The molecule has 0 fully saturated rings. The number of allylic oxidation sites excluding steroid dienone is 8. The van der Waals surface area contributed by atoms with Gasteiger partial charge in [-0.2, -0.15) is 0 Å². The lowest BCUT2D eigenvalue weighted by molar-refractivity contribution is -0.167. The summed E-state index contributed by atoms with van der Waals surface area (Å²) < 4.78 is 17.0. The van der Waals surface area contributed by atoms with Crippen molar-refractivity contribution in [2.75, 3.05) is 13.2 Å². The van der Waals surface area contributed by atoms with E-state index in [2.05, 4.69) is 69.4 Å². The van der Waals surface area contributed by atoms with E-state index in [1.54, 1.807) is 0 Å². The highest BCUT2D eigenvalue weighted by molar-refractivity contribution is 5.71. The first kappa shape index (κ1) is 76.4. The van der Waals surface area contributed by atoms with Gasteiger partial charge in [0.1, 0.15) is 13.2 Å². The molecule has 0 aliphatic rings. The van der Waals surface area contributed by atoms with Crippen LogP contribution in [0, 0.1) is 0 Å². The summed E-state index contributed by atoms with van der Waals surface area (Å²) in [5.41, 5.74) is 0. The van der Waals surface area contributed by atoms with Crippen molar-refractivity contribution in [2.24, 2.45) is 0 Å². The second-order valence-corrected chi connectivity index (χ2v) is 23.8. The lowest BCUT2D eigenvalue weighted by Crippen LogP contribution is -2.30. The first-order valence-electron chi connectivity index (χ1n) is 35.1. The molecule has 0 rings (SSSR count). The molecule has 0 aromatic heterocycles. The summed E-state index contributed by atoms with van der Waals surface area (Å²) in [5, 5.41) is 0. The van der Waals surface area contributed by atoms with E-state index in [9.17, 15) is 14.4 Å². The summed E-state index contributed by atoms with van der Waals surface area (Å²) in [6.07, 6.45) is 85.6. The Morgan fingerprint density at radius 3 is 0.734 bits per heavy atom. The Balaban J connectivity index is 4.30. The number of hydrogen-bond acceptors (Lipinski definition) is 6. The molecule has 6 nitrogen and oxygen atoms in total. The Morgan fingerprint density at radius 1 is 0.253 bits per heavy atom. The zero-order chi connectivity index (χ0) is 57.1. The van der Waals surface area contributed by atoms with Crippen molar-refractivity contribution < 1.29 is 28.6 Å². The Kier molecular flexibility index (Phi) is 65.6. The van der Waals surface area contributed by atoms with Crippen molar-refractivity contribution in [1.29, 1.82) is 0 Å². The van der Waals surface area contributed by atoms with Crippen LogP contribution in [-0.2, 0) is 28.6 Å². The summed E-state index contributed by atoms with van der Waals surface area (Å²) in [6.45, 7) is 6.67. The van der Waals surface area contributed by atoms with Crippen LogP contribution in [0.15, 0.2) is 48.6 Å². The van der Waals surface area contributed by atoms with Gasteiger partial charge in [0.25, 0.3) is 0 Å². The molecule has 0 amide bonds. The zero-order valence-electron chi connectivity index (χ0n) is 53.2. The van der Waals surface area contributed by atoms with Crippen LogP contribution < -0.4 is 0 Å². The number of carbonyl (C=O) groups is 3. The molecule has 1 unspecified atom stereocenters. The van der Waals surface area contributed by atoms with Crippen LogP contribution in [-0.4, -0.2) is 37.2 Å². The molecule has 0 radical (unpaired) electrons. The minimum atomic E-state index is -0.778. The molecule has 0 aromatic rings. The van der Waals surface area contributed by atoms with E-state index in [0.717, 1.165) is 70.6 Å². The fraction of sp³-hybridized carbons (Fsp3) is 0.849. The molecule has 0 saturated heterocycles. The van der Waals surface area contributed by atoms with Crippen LogP contribution >= 0.6 is 0 Å². The molecule has 0 N–H and O–H groups in total. The minimum Gasteiger partial charge on any atom is -0.462 e. The van der Waals surface area contributed by atoms with Crippen molar-refractivity contribution in [2.45, 2.75) is 386 Å². The molecular formula is C73H134O6. The molecule has 462 valence electrons. The molecule has 0 aliphatic heterocycles. The third-order valence-electron chi connectivity index (χ3n) is 15.8. The SMILES string of the molecule is CCCCC/C=C\C/C=C\CCCCCCCCCC(=O)OCC(COC(=O)CCCCCCCCCCCCCCC/C=C\CCCCCCCCCC)OC(=O)CCCCCCCCCCC/C=C\CCCCCCCC. The molecular weight excluding hydrogens is 973 g/mol.